The van der Waals surface area contributed by atoms with Crippen LogP contribution in [-0.4, -0.2) is 37.7 Å². The first kappa shape index (κ1) is 23.3. The molecule has 1 fully saturated rings. The Balaban J connectivity index is 1.45. The van der Waals surface area contributed by atoms with Crippen molar-refractivity contribution < 1.29 is 4.79 Å². The molecular formula is C32H28N6O. The van der Waals surface area contributed by atoms with Crippen LogP contribution in [-0.2, 0) is 10.3 Å². The Morgan fingerprint density at radius 3 is 2.38 bits per heavy atom. The van der Waals surface area contributed by atoms with Gasteiger partial charge in [0.15, 0.2) is 11.3 Å². The van der Waals surface area contributed by atoms with Crippen LogP contribution in [0.25, 0.3) is 23.4 Å². The van der Waals surface area contributed by atoms with Gasteiger partial charge in [-0.05, 0) is 87.1 Å². The van der Waals surface area contributed by atoms with E-state index in [2.05, 4.69) is 15.3 Å². The summed E-state index contributed by atoms with van der Waals surface area (Å²) in [6.45, 7) is 5.83. The van der Waals surface area contributed by atoms with Crippen molar-refractivity contribution in [2.24, 2.45) is 15.4 Å². The summed E-state index contributed by atoms with van der Waals surface area (Å²) in [5, 5.41) is 5.42. The second-order valence-corrected chi connectivity index (χ2v) is 11.1. The van der Waals surface area contributed by atoms with Gasteiger partial charge in [-0.15, -0.1) is 0 Å². The van der Waals surface area contributed by atoms with Gasteiger partial charge in [-0.1, -0.05) is 30.3 Å². The van der Waals surface area contributed by atoms with Gasteiger partial charge in [-0.2, -0.15) is 0 Å². The molecule has 3 aromatic rings. The van der Waals surface area contributed by atoms with E-state index in [1.807, 2.05) is 118 Å². The summed E-state index contributed by atoms with van der Waals surface area (Å²) < 4.78 is 0. The third-order valence-electron chi connectivity index (χ3n) is 7.79. The average Bonchev–Trinajstić information content (AvgIpc) is 3.73. The maximum atomic E-state index is 13.9. The predicted molar refractivity (Wildman–Crippen MR) is 154 cm³/mol. The lowest BCUT2D eigenvalue weighted by molar-refractivity contribution is -0.126. The van der Waals surface area contributed by atoms with Crippen molar-refractivity contribution in [2.75, 3.05) is 0 Å². The van der Waals surface area contributed by atoms with Gasteiger partial charge in [0, 0.05) is 16.4 Å². The zero-order chi connectivity index (χ0) is 26.8. The number of nitrogens with one attached hydrogen (secondary N) is 3. The molecule has 2 atom stereocenters. The third kappa shape index (κ3) is 3.81. The van der Waals surface area contributed by atoms with Gasteiger partial charge in [0.25, 0.3) is 0 Å². The van der Waals surface area contributed by atoms with Crippen molar-refractivity contribution in [3.05, 3.63) is 113 Å². The molecule has 0 aliphatic carbocycles. The molecule has 3 N–H and O–H groups in total. The van der Waals surface area contributed by atoms with Crippen LogP contribution in [0.1, 0.15) is 26.6 Å². The van der Waals surface area contributed by atoms with Crippen molar-refractivity contribution in [3.63, 3.8) is 0 Å². The van der Waals surface area contributed by atoms with E-state index in [4.69, 9.17) is 15.0 Å². The number of carbonyl (C=O) groups is 1. The Bertz CT molecular complexity index is 1840. The molecule has 0 radical (unpaired) electrons. The van der Waals surface area contributed by atoms with Gasteiger partial charge in [0.1, 0.15) is 11.4 Å². The molecule has 1 saturated heterocycles. The summed E-state index contributed by atoms with van der Waals surface area (Å²) in [4.78, 5) is 35.5. The molecule has 7 rings (SSSR count). The molecule has 192 valence electrons. The van der Waals surface area contributed by atoms with Gasteiger partial charge in [0.2, 0.25) is 0 Å². The normalized spacial score (nSPS) is 26.3. The molecule has 4 aliphatic heterocycles. The van der Waals surface area contributed by atoms with Crippen LogP contribution in [0.3, 0.4) is 0 Å². The van der Waals surface area contributed by atoms with E-state index < -0.39 is 16.5 Å². The number of hydrogen-bond acceptors (Lipinski definition) is 5. The monoisotopic (exact) mass is 512 g/mol. The minimum Gasteiger partial charge on any atom is -0.373 e. The highest BCUT2D eigenvalue weighted by molar-refractivity contribution is 6.20. The van der Waals surface area contributed by atoms with E-state index in [9.17, 15) is 4.79 Å². The Labute approximate surface area is 225 Å². The molecule has 1 aromatic carbocycles. The number of nitrogens with zero attached hydrogens (tertiary/aromatic N) is 3. The van der Waals surface area contributed by atoms with Gasteiger partial charge < -0.3 is 15.3 Å². The van der Waals surface area contributed by atoms with Crippen LogP contribution in [0.5, 0.6) is 0 Å². The molecule has 0 saturated carbocycles. The summed E-state index contributed by atoms with van der Waals surface area (Å²) >= 11 is 0. The molecule has 4 aliphatic rings. The first-order chi connectivity index (χ1) is 18.7. The van der Waals surface area contributed by atoms with Crippen molar-refractivity contribution in [3.8, 4) is 11.3 Å². The fourth-order valence-corrected chi connectivity index (χ4v) is 5.72. The summed E-state index contributed by atoms with van der Waals surface area (Å²) in [6.07, 6.45) is 17.8. The average molecular weight is 513 g/mol. The highest BCUT2D eigenvalue weighted by Gasteiger charge is 2.52. The maximum absolute atomic E-state index is 13.9. The molecule has 2 unspecified atom stereocenters. The van der Waals surface area contributed by atoms with E-state index in [1.165, 1.54) is 0 Å². The number of benzene rings is 1. The molecule has 2 aromatic heterocycles. The highest BCUT2D eigenvalue weighted by atomic mass is 16.1. The summed E-state index contributed by atoms with van der Waals surface area (Å²) in [6, 6.07) is 14.1. The number of fused-ring (bicyclic) bond motifs is 6. The fraction of sp³-hybridized carbons (Fsp3) is 0.188. The largest absolute Gasteiger partial charge is 0.373 e. The van der Waals surface area contributed by atoms with Crippen LogP contribution in [0.15, 0.2) is 106 Å². The third-order valence-corrected chi connectivity index (χ3v) is 7.79. The number of aromatic amines is 2. The zero-order valence-corrected chi connectivity index (χ0v) is 22.0. The summed E-state index contributed by atoms with van der Waals surface area (Å²) in [5.74, 6) is 0.755. The quantitative estimate of drug-likeness (QED) is 0.489. The molecule has 39 heavy (non-hydrogen) atoms. The van der Waals surface area contributed by atoms with Crippen LogP contribution < -0.4 is 16.0 Å². The Kier molecular flexibility index (Phi) is 4.85. The second-order valence-electron chi connectivity index (χ2n) is 11.1. The van der Waals surface area contributed by atoms with E-state index in [1.54, 1.807) is 0 Å². The summed E-state index contributed by atoms with van der Waals surface area (Å²) in [5.41, 5.74) is 2.51. The van der Waals surface area contributed by atoms with Crippen molar-refractivity contribution in [1.82, 2.24) is 20.3 Å². The summed E-state index contributed by atoms with van der Waals surface area (Å²) in [7, 11) is 0. The van der Waals surface area contributed by atoms with Crippen LogP contribution in [0, 0.1) is 5.41 Å². The minimum atomic E-state index is -0.925. The number of carbonyl (C=O) groups excluding carboxylic acids is 1. The van der Waals surface area contributed by atoms with E-state index in [0.717, 1.165) is 44.8 Å². The number of allylic oxidation sites excluding steroid dienone is 4. The number of H-pyrrole nitrogens is 2. The van der Waals surface area contributed by atoms with Crippen LogP contribution in [0.4, 0.5) is 0 Å². The Morgan fingerprint density at radius 2 is 1.59 bits per heavy atom. The standard InChI is InChI=1S/C32H28N6O/c1-30(2)27-18-32(29-33-19-26(36-29)20-7-5-4-6-8-20)14-13-24(37-32)16-23-10-9-21(34-23)15-22-11-12-25(35-22)17-31(3,38-27)28(30)39/h4-19,34,38H,1-3H3,(H,33,36). The van der Waals surface area contributed by atoms with Gasteiger partial charge in [-0.25, -0.2) is 9.98 Å². The minimum absolute atomic E-state index is 0.0741. The lowest BCUT2D eigenvalue weighted by atomic mass is 9.80. The van der Waals surface area contributed by atoms with E-state index in [-0.39, 0.29) is 5.78 Å². The van der Waals surface area contributed by atoms with E-state index in [0.29, 0.717) is 5.82 Å². The zero-order valence-electron chi connectivity index (χ0n) is 22.0. The molecule has 7 heteroatoms. The molecule has 8 bridgehead atoms. The fourth-order valence-electron chi connectivity index (χ4n) is 5.72. The SMILES string of the molecule is CC12C=C3C=CC(=N3)C=c3ccc([nH]3)=CC3=NC(c4ncc(-c5ccccc5)[nH]4)(C=C3)C=C(N1)C(C)(C)C2=O. The topological polar surface area (TPSA) is 98.3 Å². The number of aromatic nitrogens is 3. The van der Waals surface area contributed by atoms with Crippen LogP contribution in [0.2, 0.25) is 0 Å². The number of aliphatic imine (C=N–C) groups is 2. The number of Topliss-reactive ketones (excluding diaryl/α,β-unsaturated/α-hetero) is 1. The van der Waals surface area contributed by atoms with Crippen molar-refractivity contribution in [1.29, 1.82) is 0 Å². The van der Waals surface area contributed by atoms with Crippen molar-refractivity contribution >= 4 is 29.4 Å². The van der Waals surface area contributed by atoms with Gasteiger partial charge >= 0.3 is 0 Å². The molecule has 0 amide bonds. The van der Waals surface area contributed by atoms with Gasteiger partial charge in [0.05, 0.1) is 34.4 Å². The Hall–Kier alpha value is -4.78. The number of hydrogen-bond donors (Lipinski definition) is 3. The maximum Gasteiger partial charge on any atom is 0.173 e. The highest BCUT2D eigenvalue weighted by Crippen LogP contribution is 2.43. The van der Waals surface area contributed by atoms with Crippen molar-refractivity contribution in [2.45, 2.75) is 31.8 Å². The molecule has 0 spiro atoms. The Morgan fingerprint density at radius 1 is 0.821 bits per heavy atom. The number of imidazole rings is 1. The van der Waals surface area contributed by atoms with Gasteiger partial charge in [-0.3, -0.25) is 9.79 Å². The lowest BCUT2D eigenvalue weighted by Crippen LogP contribution is -2.41. The molecule has 6 heterocycles. The van der Waals surface area contributed by atoms with E-state index >= 15 is 0 Å². The second kappa shape index (κ2) is 8.11. The smallest absolute Gasteiger partial charge is 0.173 e. The first-order valence-corrected chi connectivity index (χ1v) is 13.1. The lowest BCUT2D eigenvalue weighted by Gasteiger charge is -2.23. The first-order valence-electron chi connectivity index (χ1n) is 13.1. The number of rotatable bonds is 2. The number of ketones is 1. The molecular weight excluding hydrogens is 484 g/mol. The molecule has 7 nitrogen and oxygen atoms in total. The predicted octanol–water partition coefficient (Wildman–Crippen LogP) is 3.62. The van der Waals surface area contributed by atoms with Crippen LogP contribution >= 0.6 is 0 Å².